The number of carbonyl (C=O) groups excluding carboxylic acids is 1. The van der Waals surface area contributed by atoms with E-state index < -0.39 is 5.97 Å². The number of nitrogen functional groups attached to an aromatic ring is 1. The number of aromatic nitrogens is 2. The number of anilines is 1. The van der Waals surface area contributed by atoms with Crippen molar-refractivity contribution in [3.63, 3.8) is 0 Å². The Balaban J connectivity index is 2.07. The Morgan fingerprint density at radius 3 is 2.68 bits per heavy atom. The first-order valence-corrected chi connectivity index (χ1v) is 8.09. The van der Waals surface area contributed by atoms with E-state index in [-0.39, 0.29) is 0 Å². The van der Waals surface area contributed by atoms with Gasteiger partial charge >= 0.3 is 5.97 Å². The highest BCUT2D eigenvalue weighted by molar-refractivity contribution is 5.94. The number of pyridine rings is 1. The summed E-state index contributed by atoms with van der Waals surface area (Å²) in [6, 6.07) is 9.98. The Bertz CT molecular complexity index is 956. The van der Waals surface area contributed by atoms with E-state index in [0.717, 1.165) is 22.5 Å². The number of ether oxygens (including phenoxy) is 1. The maximum atomic E-state index is 12.2. The molecule has 25 heavy (non-hydrogen) atoms. The number of fused-ring (bicyclic) bond motifs is 1. The van der Waals surface area contributed by atoms with Crippen LogP contribution in [0.15, 0.2) is 42.6 Å². The van der Waals surface area contributed by atoms with Crippen molar-refractivity contribution in [2.24, 2.45) is 0 Å². The quantitative estimate of drug-likeness (QED) is 0.740. The van der Waals surface area contributed by atoms with Crippen LogP contribution in [0, 0.1) is 13.8 Å². The molecule has 0 unspecified atom stereocenters. The van der Waals surface area contributed by atoms with E-state index in [4.69, 9.17) is 10.5 Å². The van der Waals surface area contributed by atoms with Crippen molar-refractivity contribution in [2.75, 3.05) is 12.8 Å². The van der Waals surface area contributed by atoms with Crippen LogP contribution in [-0.2, 0) is 11.2 Å². The van der Waals surface area contributed by atoms with Crippen molar-refractivity contribution >= 4 is 23.4 Å². The van der Waals surface area contributed by atoms with Crippen LogP contribution in [0.3, 0.4) is 0 Å². The lowest BCUT2D eigenvalue weighted by atomic mass is 10.0. The lowest BCUT2D eigenvalue weighted by molar-refractivity contribution is 0.0599. The summed E-state index contributed by atoms with van der Waals surface area (Å²) in [5.41, 5.74) is 11.7. The van der Waals surface area contributed by atoms with E-state index in [2.05, 4.69) is 4.98 Å². The molecule has 0 aliphatic carbocycles. The smallest absolute Gasteiger partial charge is 0.339 e. The molecule has 0 aliphatic heterocycles. The topological polar surface area (TPSA) is 69.6 Å². The van der Waals surface area contributed by atoms with Crippen LogP contribution >= 0.6 is 0 Å². The fourth-order valence-electron chi connectivity index (χ4n) is 2.84. The summed E-state index contributed by atoms with van der Waals surface area (Å²) in [6.07, 6.45) is 6.28. The maximum absolute atomic E-state index is 12.2. The highest BCUT2D eigenvalue weighted by Crippen LogP contribution is 2.26. The summed E-state index contributed by atoms with van der Waals surface area (Å²) in [7, 11) is 1.37. The van der Waals surface area contributed by atoms with Gasteiger partial charge in [0.1, 0.15) is 0 Å². The van der Waals surface area contributed by atoms with E-state index >= 15 is 0 Å². The zero-order valence-electron chi connectivity index (χ0n) is 14.6. The van der Waals surface area contributed by atoms with Crippen molar-refractivity contribution in [2.45, 2.75) is 20.3 Å². The molecule has 0 radical (unpaired) electrons. The normalized spacial score (nSPS) is 11.3. The molecule has 2 N–H and O–H groups in total. The Morgan fingerprint density at radius 1 is 1.28 bits per heavy atom. The fourth-order valence-corrected chi connectivity index (χ4v) is 2.84. The average molecular weight is 335 g/mol. The molecule has 5 nitrogen and oxygen atoms in total. The van der Waals surface area contributed by atoms with Gasteiger partial charge in [0.25, 0.3) is 0 Å². The van der Waals surface area contributed by atoms with Gasteiger partial charge in [0, 0.05) is 11.9 Å². The van der Waals surface area contributed by atoms with E-state index in [1.807, 2.05) is 60.7 Å². The van der Waals surface area contributed by atoms with Crippen LogP contribution in [0.25, 0.3) is 11.7 Å². The average Bonchev–Trinajstić information content (AvgIpc) is 2.92. The van der Waals surface area contributed by atoms with Gasteiger partial charge in [-0.05, 0) is 31.4 Å². The molecule has 0 bridgehead atoms. The molecule has 0 fully saturated rings. The molecular weight excluding hydrogens is 314 g/mol. The van der Waals surface area contributed by atoms with Gasteiger partial charge in [-0.1, -0.05) is 42.5 Å². The van der Waals surface area contributed by atoms with Gasteiger partial charge in [0.2, 0.25) is 0 Å². The first-order chi connectivity index (χ1) is 12.0. The molecule has 0 saturated carbocycles. The number of esters is 1. The summed E-state index contributed by atoms with van der Waals surface area (Å²) < 4.78 is 6.79. The number of hydrogen-bond acceptors (Lipinski definition) is 4. The predicted molar refractivity (Wildman–Crippen MR) is 99.6 cm³/mol. The van der Waals surface area contributed by atoms with E-state index in [1.165, 1.54) is 7.11 Å². The van der Waals surface area contributed by atoms with Crippen molar-refractivity contribution in [1.82, 2.24) is 9.38 Å². The minimum absolute atomic E-state index is 0.400. The molecule has 0 aliphatic rings. The minimum Gasteiger partial charge on any atom is -0.465 e. The van der Waals surface area contributed by atoms with Crippen LogP contribution in [0.5, 0.6) is 0 Å². The zero-order chi connectivity index (χ0) is 18.0. The van der Waals surface area contributed by atoms with Gasteiger partial charge in [-0.25, -0.2) is 9.78 Å². The molecule has 5 heteroatoms. The number of imidazole rings is 1. The molecule has 0 saturated heterocycles. The number of nitrogens with zero attached hydrogens (tertiary/aromatic N) is 2. The number of aryl methyl sites for hydroxylation is 2. The van der Waals surface area contributed by atoms with Crippen LogP contribution in [-0.4, -0.2) is 22.5 Å². The van der Waals surface area contributed by atoms with Gasteiger partial charge in [-0.15, -0.1) is 0 Å². The number of hydrogen-bond donors (Lipinski definition) is 1. The van der Waals surface area contributed by atoms with Crippen LogP contribution in [0.1, 0.15) is 32.9 Å². The predicted octanol–water partition coefficient (Wildman–Crippen LogP) is 3.58. The van der Waals surface area contributed by atoms with Crippen LogP contribution in [0.2, 0.25) is 0 Å². The van der Waals surface area contributed by atoms with E-state index in [9.17, 15) is 4.79 Å². The lowest BCUT2D eigenvalue weighted by Crippen LogP contribution is -2.11. The second kappa shape index (κ2) is 6.81. The Labute approximate surface area is 146 Å². The third-order valence-corrected chi connectivity index (χ3v) is 4.37. The van der Waals surface area contributed by atoms with Gasteiger partial charge < -0.3 is 14.9 Å². The molecule has 3 aromatic rings. The number of benzene rings is 1. The van der Waals surface area contributed by atoms with Crippen molar-refractivity contribution in [3.05, 3.63) is 70.7 Å². The summed E-state index contributed by atoms with van der Waals surface area (Å²) >= 11 is 0. The van der Waals surface area contributed by atoms with E-state index in [0.29, 0.717) is 23.3 Å². The number of rotatable bonds is 4. The van der Waals surface area contributed by atoms with Crippen molar-refractivity contribution in [1.29, 1.82) is 0 Å². The van der Waals surface area contributed by atoms with Crippen molar-refractivity contribution < 1.29 is 9.53 Å². The summed E-state index contributed by atoms with van der Waals surface area (Å²) in [4.78, 5) is 16.8. The summed E-state index contributed by atoms with van der Waals surface area (Å²) in [5, 5.41) is 0. The summed E-state index contributed by atoms with van der Waals surface area (Å²) in [5.74, 6) is -0.400. The van der Waals surface area contributed by atoms with Gasteiger partial charge in [-0.2, -0.15) is 0 Å². The molecule has 0 amide bonds. The first-order valence-electron chi connectivity index (χ1n) is 8.09. The Hall–Kier alpha value is -3.08. The van der Waals surface area contributed by atoms with Crippen molar-refractivity contribution in [3.8, 4) is 0 Å². The Morgan fingerprint density at radius 2 is 2.00 bits per heavy atom. The van der Waals surface area contributed by atoms with Crippen LogP contribution < -0.4 is 5.73 Å². The van der Waals surface area contributed by atoms with E-state index in [1.54, 1.807) is 6.20 Å². The lowest BCUT2D eigenvalue weighted by Gasteiger charge is -2.12. The van der Waals surface area contributed by atoms with Gasteiger partial charge in [0.05, 0.1) is 24.1 Å². The fraction of sp³-hybridized carbons (Fsp3) is 0.200. The molecule has 0 spiro atoms. The molecule has 2 heterocycles. The monoisotopic (exact) mass is 335 g/mol. The third kappa shape index (κ3) is 3.13. The number of carbonyl (C=O) groups is 1. The Kier molecular flexibility index (Phi) is 4.57. The minimum atomic E-state index is -0.400. The zero-order valence-corrected chi connectivity index (χ0v) is 14.6. The number of methoxy groups -OCH3 is 1. The SMILES string of the molecule is COC(=O)c1cn2c(C)c(C)nc2c(N)c1C/C=C/c1ccccc1. The van der Waals surface area contributed by atoms with Crippen LogP contribution in [0.4, 0.5) is 5.69 Å². The molecule has 128 valence electrons. The third-order valence-electron chi connectivity index (χ3n) is 4.37. The molecule has 0 atom stereocenters. The van der Waals surface area contributed by atoms with Gasteiger partial charge in [0.15, 0.2) is 5.65 Å². The first kappa shape index (κ1) is 16.8. The van der Waals surface area contributed by atoms with Gasteiger partial charge in [-0.3, -0.25) is 0 Å². The molecular formula is C20H21N3O2. The maximum Gasteiger partial charge on any atom is 0.339 e. The highest BCUT2D eigenvalue weighted by Gasteiger charge is 2.19. The number of nitrogens with two attached hydrogens (primary N) is 1. The molecule has 2 aromatic heterocycles. The highest BCUT2D eigenvalue weighted by atomic mass is 16.5. The standard InChI is InChI=1S/C20H21N3O2/c1-13-14(2)23-12-17(20(24)25-3)16(18(21)19(23)22-13)11-7-10-15-8-5-4-6-9-15/h4-10,12H,11,21H2,1-3H3/b10-7+. The summed E-state index contributed by atoms with van der Waals surface area (Å²) in [6.45, 7) is 3.87. The molecule has 1 aromatic carbocycles. The molecule has 3 rings (SSSR count). The number of allylic oxidation sites excluding steroid dienone is 1. The second-order valence-corrected chi connectivity index (χ2v) is 5.92. The second-order valence-electron chi connectivity index (χ2n) is 5.92. The largest absolute Gasteiger partial charge is 0.465 e.